The number of benzene rings is 1. The number of ketones is 1. The lowest BCUT2D eigenvalue weighted by atomic mass is 9.71. The van der Waals surface area contributed by atoms with Crippen molar-refractivity contribution in [3.8, 4) is 0 Å². The summed E-state index contributed by atoms with van der Waals surface area (Å²) in [5.74, 6) is -2.28. The van der Waals surface area contributed by atoms with Gasteiger partial charge in [0.05, 0.1) is 0 Å². The summed E-state index contributed by atoms with van der Waals surface area (Å²) in [6, 6.07) is 4.40. The fourth-order valence-electron chi connectivity index (χ4n) is 3.27. The molecule has 1 fully saturated rings. The van der Waals surface area contributed by atoms with Gasteiger partial charge in [-0.15, -0.1) is 0 Å². The van der Waals surface area contributed by atoms with Gasteiger partial charge in [0, 0.05) is 38.2 Å². The van der Waals surface area contributed by atoms with Gasteiger partial charge in [-0.2, -0.15) is 0 Å². The van der Waals surface area contributed by atoms with E-state index in [-0.39, 0.29) is 17.8 Å². The van der Waals surface area contributed by atoms with Crippen LogP contribution >= 0.6 is 0 Å². The highest BCUT2D eigenvalue weighted by molar-refractivity contribution is 6.06. The number of allylic oxidation sites excluding steroid dienone is 1. The molecule has 2 rings (SSSR count). The van der Waals surface area contributed by atoms with Gasteiger partial charge in [-0.3, -0.25) is 9.59 Å². The Hall–Kier alpha value is -2.17. The summed E-state index contributed by atoms with van der Waals surface area (Å²) in [4.78, 5) is 26.1. The maximum absolute atomic E-state index is 13.9. The Morgan fingerprint density at radius 2 is 2.09 bits per heavy atom. The highest BCUT2D eigenvalue weighted by atomic mass is 19.1. The Kier molecular flexibility index (Phi) is 4.09. The minimum absolute atomic E-state index is 0.145. The number of nitrogens with zero attached hydrogens (tertiary/aromatic N) is 1. The molecular weight excluding hydrogens is 285 g/mol. The Morgan fingerprint density at radius 3 is 2.64 bits per heavy atom. The molecule has 0 bridgehead atoms. The molecular formula is C17H20FNO3. The number of hydrogen-bond donors (Lipinski definition) is 1. The third-order valence-electron chi connectivity index (χ3n) is 4.49. The van der Waals surface area contributed by atoms with Crippen molar-refractivity contribution in [3.63, 3.8) is 0 Å². The van der Waals surface area contributed by atoms with E-state index in [0.717, 1.165) is 0 Å². The van der Waals surface area contributed by atoms with Gasteiger partial charge < -0.3 is 10.0 Å². The predicted molar refractivity (Wildman–Crippen MR) is 81.0 cm³/mol. The Bertz CT molecular complexity index is 666. The van der Waals surface area contributed by atoms with Crippen LogP contribution in [0.15, 0.2) is 30.0 Å². The van der Waals surface area contributed by atoms with Crippen LogP contribution in [0.2, 0.25) is 0 Å². The highest BCUT2D eigenvalue weighted by Crippen LogP contribution is 2.48. The van der Waals surface area contributed by atoms with Crippen LogP contribution in [0.3, 0.4) is 0 Å². The second-order valence-electron chi connectivity index (χ2n) is 6.06. The monoisotopic (exact) mass is 305 g/mol. The van der Waals surface area contributed by atoms with Crippen LogP contribution in [-0.4, -0.2) is 35.9 Å². The topological polar surface area (TPSA) is 57.6 Å². The Balaban J connectivity index is 2.68. The second kappa shape index (κ2) is 5.55. The number of rotatable bonds is 3. The van der Waals surface area contributed by atoms with Gasteiger partial charge in [0.25, 0.3) is 0 Å². The molecule has 1 aliphatic carbocycles. The minimum Gasteiger partial charge on any atom is -0.481 e. The Labute approximate surface area is 129 Å². The molecule has 0 spiro atoms. The molecule has 0 amide bonds. The first-order valence-corrected chi connectivity index (χ1v) is 7.12. The number of halogens is 1. The molecule has 1 unspecified atom stereocenters. The summed E-state index contributed by atoms with van der Waals surface area (Å²) in [5, 5.41) is 9.86. The molecule has 0 heterocycles. The van der Waals surface area contributed by atoms with Crippen molar-refractivity contribution >= 4 is 11.8 Å². The van der Waals surface area contributed by atoms with Gasteiger partial charge in [-0.05, 0) is 24.1 Å². The molecule has 1 aromatic carbocycles. The third-order valence-corrected chi connectivity index (χ3v) is 4.49. The van der Waals surface area contributed by atoms with Crippen molar-refractivity contribution in [2.24, 2.45) is 5.92 Å². The molecule has 0 saturated heterocycles. The lowest BCUT2D eigenvalue weighted by molar-refractivity contribution is -0.145. The van der Waals surface area contributed by atoms with E-state index in [9.17, 15) is 19.1 Å². The first kappa shape index (κ1) is 16.2. The number of carbonyl (C=O) groups is 2. The average molecular weight is 305 g/mol. The van der Waals surface area contributed by atoms with E-state index >= 15 is 0 Å². The highest BCUT2D eigenvalue weighted by Gasteiger charge is 2.55. The fourth-order valence-corrected chi connectivity index (χ4v) is 3.27. The van der Waals surface area contributed by atoms with Crippen molar-refractivity contribution < 1.29 is 19.1 Å². The van der Waals surface area contributed by atoms with Crippen LogP contribution in [0, 0.1) is 18.7 Å². The van der Waals surface area contributed by atoms with Gasteiger partial charge in [0.15, 0.2) is 5.78 Å². The lowest BCUT2D eigenvalue weighted by Crippen LogP contribution is -2.39. The van der Waals surface area contributed by atoms with E-state index in [0.29, 0.717) is 11.1 Å². The van der Waals surface area contributed by atoms with Crippen molar-refractivity contribution in [1.82, 2.24) is 4.90 Å². The first-order valence-electron chi connectivity index (χ1n) is 7.12. The summed E-state index contributed by atoms with van der Waals surface area (Å²) >= 11 is 0. The summed E-state index contributed by atoms with van der Waals surface area (Å²) < 4.78 is 13.9. The molecule has 0 aromatic heterocycles. The second-order valence-corrected chi connectivity index (χ2v) is 6.06. The number of carbonyl (C=O) groups excluding carboxylic acids is 1. The fraction of sp³-hybridized carbons (Fsp3) is 0.412. The molecule has 1 aliphatic rings. The molecule has 0 aliphatic heterocycles. The number of aliphatic carboxylic acids is 1. The smallest absolute Gasteiger partial charge is 0.315 e. The number of carboxylic acid groups (broad SMARTS) is 1. The van der Waals surface area contributed by atoms with Gasteiger partial charge in [-0.25, -0.2) is 4.39 Å². The van der Waals surface area contributed by atoms with Crippen molar-refractivity contribution in [3.05, 3.63) is 46.9 Å². The summed E-state index contributed by atoms with van der Waals surface area (Å²) in [6.07, 6.45) is 1.51. The van der Waals surface area contributed by atoms with Crippen molar-refractivity contribution in [2.75, 3.05) is 14.1 Å². The maximum atomic E-state index is 13.9. The van der Waals surface area contributed by atoms with E-state index in [4.69, 9.17) is 0 Å². The molecule has 1 N–H and O–H groups in total. The lowest BCUT2D eigenvalue weighted by Gasteiger charge is -2.30. The zero-order valence-corrected chi connectivity index (χ0v) is 13.2. The van der Waals surface area contributed by atoms with Crippen LogP contribution in [-0.2, 0) is 15.0 Å². The molecule has 4 nitrogen and oxygen atoms in total. The van der Waals surface area contributed by atoms with E-state index < -0.39 is 23.1 Å². The summed E-state index contributed by atoms with van der Waals surface area (Å²) in [7, 11) is 3.56. The Morgan fingerprint density at radius 1 is 1.45 bits per heavy atom. The van der Waals surface area contributed by atoms with Gasteiger partial charge in [0.2, 0.25) is 0 Å². The van der Waals surface area contributed by atoms with E-state index in [1.807, 2.05) is 0 Å². The summed E-state index contributed by atoms with van der Waals surface area (Å²) in [6.45, 7) is 3.28. The van der Waals surface area contributed by atoms with Crippen LogP contribution < -0.4 is 0 Å². The minimum atomic E-state index is -1.41. The van der Waals surface area contributed by atoms with Crippen LogP contribution in [0.4, 0.5) is 4.39 Å². The zero-order chi connectivity index (χ0) is 16.7. The first-order chi connectivity index (χ1) is 10.2. The molecule has 5 heteroatoms. The predicted octanol–water partition coefficient (Wildman–Crippen LogP) is 2.51. The van der Waals surface area contributed by atoms with Crippen LogP contribution in [0.1, 0.15) is 24.5 Å². The molecule has 118 valence electrons. The quantitative estimate of drug-likeness (QED) is 0.872. The zero-order valence-electron chi connectivity index (χ0n) is 13.2. The average Bonchev–Trinajstić information content (AvgIpc) is 2.67. The molecule has 0 radical (unpaired) electrons. The summed E-state index contributed by atoms with van der Waals surface area (Å²) in [5.41, 5.74) is -0.278. The van der Waals surface area contributed by atoms with Crippen molar-refractivity contribution in [1.29, 1.82) is 0 Å². The van der Waals surface area contributed by atoms with E-state index in [2.05, 4.69) is 0 Å². The van der Waals surface area contributed by atoms with E-state index in [1.165, 1.54) is 12.1 Å². The number of carboxylic acids is 1. The standard InChI is InChI=1S/C17H20FNO3/c1-10-13(6-5-7-14(10)18)17(16(21)22)8-15(20)12(11(17)2)9-19(3)4/h5-7,9,11H,8H2,1-4H3,(H,21,22)/t11?,17-/m1/s1. The van der Waals surface area contributed by atoms with Crippen LogP contribution in [0.5, 0.6) is 0 Å². The van der Waals surface area contributed by atoms with Crippen molar-refractivity contribution in [2.45, 2.75) is 25.7 Å². The van der Waals surface area contributed by atoms with E-state index in [1.54, 1.807) is 45.1 Å². The largest absolute Gasteiger partial charge is 0.481 e. The molecule has 2 atom stereocenters. The third kappa shape index (κ3) is 2.30. The normalized spacial score (nSPS) is 26.5. The molecule has 1 aromatic rings. The maximum Gasteiger partial charge on any atom is 0.315 e. The molecule has 22 heavy (non-hydrogen) atoms. The van der Waals surface area contributed by atoms with Gasteiger partial charge >= 0.3 is 5.97 Å². The molecule has 1 saturated carbocycles. The number of Topliss-reactive ketones (excluding diaryl/α,β-unsaturated/α-hetero) is 1. The van der Waals surface area contributed by atoms with Gasteiger partial charge in [0.1, 0.15) is 11.2 Å². The SMILES string of the molecule is Cc1c(F)cccc1[C@@]1(C(=O)O)CC(=O)C(=CN(C)C)C1C. The van der Waals surface area contributed by atoms with Crippen LogP contribution in [0.25, 0.3) is 0 Å². The number of hydrogen-bond acceptors (Lipinski definition) is 3. The van der Waals surface area contributed by atoms with Gasteiger partial charge in [-0.1, -0.05) is 19.1 Å².